The van der Waals surface area contributed by atoms with E-state index in [1.165, 1.54) is 0 Å². The van der Waals surface area contributed by atoms with Crippen molar-refractivity contribution in [2.75, 3.05) is 6.54 Å². The maximum absolute atomic E-state index is 9.77. The van der Waals surface area contributed by atoms with Crippen LogP contribution in [0.3, 0.4) is 0 Å². The van der Waals surface area contributed by atoms with E-state index in [9.17, 15) is 9.81 Å². The third kappa shape index (κ3) is 2.39. The van der Waals surface area contributed by atoms with Gasteiger partial charge in [0.15, 0.2) is 0 Å². The fraction of sp³-hybridized carbons (Fsp3) is 1.00. The van der Waals surface area contributed by atoms with E-state index in [0.29, 0.717) is 0 Å². The lowest BCUT2D eigenvalue weighted by atomic mass is 10.1. The highest BCUT2D eigenvalue weighted by Gasteiger charge is 2.17. The van der Waals surface area contributed by atoms with Crippen molar-refractivity contribution in [3.05, 3.63) is 9.81 Å². The summed E-state index contributed by atoms with van der Waals surface area (Å²) in [6, 6.07) is 0. The van der Waals surface area contributed by atoms with Crippen molar-refractivity contribution >= 4 is 0 Å². The molecule has 4 nitrogen and oxygen atoms in total. The normalized spacial score (nSPS) is 10.8. The van der Waals surface area contributed by atoms with Gasteiger partial charge in [-0.3, -0.25) is 0 Å². The summed E-state index contributed by atoms with van der Waals surface area (Å²) in [5, 5.41) is 5.20. The van der Waals surface area contributed by atoms with E-state index in [0.717, 1.165) is 0 Å². The predicted molar refractivity (Wildman–Crippen MR) is 30.5 cm³/mol. The van der Waals surface area contributed by atoms with Gasteiger partial charge in [-0.25, -0.2) is 0 Å². The van der Waals surface area contributed by atoms with Crippen LogP contribution in [0, 0.1) is 9.81 Å². The van der Waals surface area contributed by atoms with Crippen LogP contribution in [0.5, 0.6) is 0 Å². The Morgan fingerprint density at radius 1 is 1.38 bits per heavy atom. The van der Waals surface area contributed by atoms with Crippen LogP contribution < -0.4 is 0 Å². The summed E-state index contributed by atoms with van der Waals surface area (Å²) in [4.78, 5) is 19.3. The molecule has 0 rings (SSSR count). The lowest BCUT2D eigenvalue weighted by Crippen LogP contribution is -2.19. The van der Waals surface area contributed by atoms with Crippen molar-refractivity contribution in [3.8, 4) is 0 Å². The maximum atomic E-state index is 9.77. The lowest BCUT2D eigenvalue weighted by molar-refractivity contribution is 0.530. The minimum atomic E-state index is -0.818. The third-order valence-corrected chi connectivity index (χ3v) is 0.699. The molecule has 4 heteroatoms. The molecule has 0 atom stereocenters. The second kappa shape index (κ2) is 2.49. The third-order valence-electron chi connectivity index (χ3n) is 0.699. The second-order valence-electron chi connectivity index (χ2n) is 2.19. The zero-order valence-electron chi connectivity index (χ0n) is 4.92. The monoisotopic (exact) mass is 116 g/mol. The Morgan fingerprint density at radius 3 is 2.00 bits per heavy atom. The largest absolute Gasteiger partial charge is 0.151 e. The summed E-state index contributed by atoms with van der Waals surface area (Å²) in [6.07, 6.45) is 0. The quantitative estimate of drug-likeness (QED) is 0.521. The molecule has 0 aromatic carbocycles. The van der Waals surface area contributed by atoms with Crippen molar-refractivity contribution in [2.45, 2.75) is 19.4 Å². The highest BCUT2D eigenvalue weighted by atomic mass is 16.3. The van der Waals surface area contributed by atoms with E-state index < -0.39 is 5.54 Å². The molecule has 0 saturated heterocycles. The summed E-state index contributed by atoms with van der Waals surface area (Å²) in [5.41, 5.74) is -0.818. The van der Waals surface area contributed by atoms with Crippen molar-refractivity contribution in [3.63, 3.8) is 0 Å². The van der Waals surface area contributed by atoms with Crippen LogP contribution in [-0.4, -0.2) is 12.1 Å². The predicted octanol–water partition coefficient (Wildman–Crippen LogP) is 1.30. The van der Waals surface area contributed by atoms with Crippen LogP contribution in [0.2, 0.25) is 0 Å². The molecule has 8 heavy (non-hydrogen) atoms. The smallest absolute Gasteiger partial charge is 0.120 e. The topological polar surface area (TPSA) is 58.9 Å². The van der Waals surface area contributed by atoms with E-state index in [4.69, 9.17) is 0 Å². The molecule has 0 unspecified atom stereocenters. The molecule has 0 aliphatic rings. The lowest BCUT2D eigenvalue weighted by Gasteiger charge is -2.06. The molecular formula is C4H8N2O2. The molecule has 0 bridgehead atoms. The maximum Gasteiger partial charge on any atom is 0.120 e. The van der Waals surface area contributed by atoms with Gasteiger partial charge in [0.25, 0.3) is 0 Å². The minimum absolute atomic E-state index is 0.0451. The van der Waals surface area contributed by atoms with Gasteiger partial charge in [0.2, 0.25) is 0 Å². The van der Waals surface area contributed by atoms with Crippen LogP contribution in [-0.2, 0) is 0 Å². The van der Waals surface area contributed by atoms with Gasteiger partial charge in [-0.2, -0.15) is 9.81 Å². The number of hydrogen-bond acceptors (Lipinski definition) is 4. The van der Waals surface area contributed by atoms with Crippen LogP contribution in [0.4, 0.5) is 0 Å². The standard InChI is InChI=1S/C4H8N2O2/c1-4(2,6-8)3-5-7/h3H2,1-2H3. The second-order valence-corrected chi connectivity index (χ2v) is 2.19. The molecule has 0 radical (unpaired) electrons. The molecule has 0 aliphatic carbocycles. The Kier molecular flexibility index (Phi) is 2.24. The van der Waals surface area contributed by atoms with Crippen molar-refractivity contribution in [2.24, 2.45) is 10.4 Å². The van der Waals surface area contributed by atoms with E-state index in [1.807, 2.05) is 0 Å². The summed E-state index contributed by atoms with van der Waals surface area (Å²) < 4.78 is 0. The van der Waals surface area contributed by atoms with Gasteiger partial charge >= 0.3 is 0 Å². The summed E-state index contributed by atoms with van der Waals surface area (Å²) in [5.74, 6) is 0. The molecule has 0 aromatic heterocycles. The van der Waals surface area contributed by atoms with Gasteiger partial charge in [0.1, 0.15) is 12.1 Å². The first-order valence-electron chi connectivity index (χ1n) is 2.26. The van der Waals surface area contributed by atoms with Gasteiger partial charge in [0.05, 0.1) is 0 Å². The van der Waals surface area contributed by atoms with Crippen molar-refractivity contribution in [1.82, 2.24) is 0 Å². The fourth-order valence-electron chi connectivity index (χ4n) is 0.187. The molecule has 46 valence electrons. The zero-order valence-corrected chi connectivity index (χ0v) is 4.92. The van der Waals surface area contributed by atoms with E-state index in [2.05, 4.69) is 10.4 Å². The fourth-order valence-corrected chi connectivity index (χ4v) is 0.187. The first kappa shape index (κ1) is 7.20. The van der Waals surface area contributed by atoms with Crippen LogP contribution >= 0.6 is 0 Å². The zero-order chi connectivity index (χ0) is 6.62. The summed E-state index contributed by atoms with van der Waals surface area (Å²) >= 11 is 0. The van der Waals surface area contributed by atoms with E-state index in [-0.39, 0.29) is 6.54 Å². The number of rotatable bonds is 3. The highest BCUT2D eigenvalue weighted by Crippen LogP contribution is 2.06. The van der Waals surface area contributed by atoms with Crippen LogP contribution in [0.25, 0.3) is 0 Å². The first-order valence-corrected chi connectivity index (χ1v) is 2.26. The average molecular weight is 116 g/mol. The number of nitroso groups, excluding NO2 is 2. The number of nitrogens with zero attached hydrogens (tertiary/aromatic N) is 2. The summed E-state index contributed by atoms with van der Waals surface area (Å²) in [6.45, 7) is 3.07. The Balaban J connectivity index is 3.70. The Labute approximate surface area is 47.2 Å². The average Bonchev–Trinajstić information content (AvgIpc) is 1.67. The van der Waals surface area contributed by atoms with Crippen LogP contribution in [0.1, 0.15) is 13.8 Å². The van der Waals surface area contributed by atoms with Gasteiger partial charge in [0, 0.05) is 0 Å². The highest BCUT2D eigenvalue weighted by molar-refractivity contribution is 4.78. The first-order chi connectivity index (χ1) is 3.62. The Morgan fingerprint density at radius 2 is 1.88 bits per heavy atom. The molecule has 0 amide bonds. The molecule has 0 heterocycles. The van der Waals surface area contributed by atoms with E-state index >= 15 is 0 Å². The van der Waals surface area contributed by atoms with Crippen molar-refractivity contribution in [1.29, 1.82) is 0 Å². The Bertz CT molecular complexity index is 100. The van der Waals surface area contributed by atoms with Gasteiger partial charge in [-0.15, -0.1) is 0 Å². The molecular weight excluding hydrogens is 108 g/mol. The molecule has 0 saturated carbocycles. The Hall–Kier alpha value is -0.800. The summed E-state index contributed by atoms with van der Waals surface area (Å²) in [7, 11) is 0. The number of hydrogen-bond donors (Lipinski definition) is 0. The van der Waals surface area contributed by atoms with E-state index in [1.54, 1.807) is 13.8 Å². The van der Waals surface area contributed by atoms with Gasteiger partial charge in [-0.1, -0.05) is 10.4 Å². The molecule has 0 spiro atoms. The molecule has 0 fully saturated rings. The van der Waals surface area contributed by atoms with Crippen molar-refractivity contribution < 1.29 is 0 Å². The molecule has 0 aromatic rings. The SMILES string of the molecule is CC(C)(CN=O)N=O. The van der Waals surface area contributed by atoms with Gasteiger partial charge < -0.3 is 0 Å². The van der Waals surface area contributed by atoms with Crippen LogP contribution in [0.15, 0.2) is 10.4 Å². The minimum Gasteiger partial charge on any atom is -0.151 e. The molecule has 0 aliphatic heterocycles. The van der Waals surface area contributed by atoms with Gasteiger partial charge in [-0.05, 0) is 13.8 Å². The molecule has 0 N–H and O–H groups in total.